The zero-order valence-electron chi connectivity index (χ0n) is 11.8. The molecule has 19 heavy (non-hydrogen) atoms. The second kappa shape index (κ2) is 7.63. The Bertz CT molecular complexity index is 420. The van der Waals surface area contributed by atoms with E-state index >= 15 is 0 Å². The molecular formula is C14H22NO4+. The van der Waals surface area contributed by atoms with Gasteiger partial charge in [-0.25, -0.2) is 0 Å². The van der Waals surface area contributed by atoms with Crippen molar-refractivity contribution in [3.8, 4) is 11.5 Å². The number of ether oxygens (including phenoxy) is 3. The lowest BCUT2D eigenvalue weighted by Gasteiger charge is -2.13. The lowest BCUT2D eigenvalue weighted by atomic mass is 10.0. The third-order valence-corrected chi connectivity index (χ3v) is 2.68. The molecular weight excluding hydrogens is 246 g/mol. The van der Waals surface area contributed by atoms with Crippen LogP contribution in [0, 0.1) is 0 Å². The van der Waals surface area contributed by atoms with Crippen LogP contribution in [0.4, 0.5) is 0 Å². The molecule has 0 aliphatic heterocycles. The topological polar surface area (TPSA) is 72.4 Å². The minimum absolute atomic E-state index is 0.163. The molecule has 5 nitrogen and oxygen atoms in total. The van der Waals surface area contributed by atoms with Crippen LogP contribution in [-0.4, -0.2) is 26.3 Å². The van der Waals surface area contributed by atoms with Gasteiger partial charge < -0.3 is 19.9 Å². The van der Waals surface area contributed by atoms with Gasteiger partial charge in [0.05, 0.1) is 20.3 Å². The van der Waals surface area contributed by atoms with E-state index in [0.29, 0.717) is 24.7 Å². The lowest BCUT2D eigenvalue weighted by molar-refractivity contribution is -0.425. The van der Waals surface area contributed by atoms with E-state index in [2.05, 4.69) is 5.73 Å². The molecule has 3 N–H and O–H groups in total. The quantitative estimate of drug-likeness (QED) is 0.757. The van der Waals surface area contributed by atoms with Gasteiger partial charge >= 0.3 is 5.97 Å². The Hall–Kier alpha value is -1.75. The SMILES string of the molecule is CCOC(=O)CC([NH3+])c1ccc(OCC)c(OC)c1. The normalized spacial score (nSPS) is 11.8. The Labute approximate surface area is 113 Å². The molecule has 1 atom stereocenters. The summed E-state index contributed by atoms with van der Waals surface area (Å²) in [6.07, 6.45) is 0.255. The van der Waals surface area contributed by atoms with E-state index in [4.69, 9.17) is 14.2 Å². The minimum atomic E-state index is -0.240. The van der Waals surface area contributed by atoms with Gasteiger partial charge in [0.2, 0.25) is 0 Å². The molecule has 0 heterocycles. The van der Waals surface area contributed by atoms with Crippen molar-refractivity contribution >= 4 is 5.97 Å². The Balaban J connectivity index is 2.80. The molecule has 0 spiro atoms. The minimum Gasteiger partial charge on any atom is -0.493 e. The van der Waals surface area contributed by atoms with Gasteiger partial charge in [0.1, 0.15) is 12.5 Å². The number of quaternary nitrogens is 1. The van der Waals surface area contributed by atoms with Crippen LogP contribution in [0.1, 0.15) is 31.9 Å². The maximum atomic E-state index is 11.4. The molecule has 106 valence electrons. The molecule has 0 saturated carbocycles. The molecule has 0 fully saturated rings. The molecule has 0 aliphatic rings. The Morgan fingerprint density at radius 2 is 2.00 bits per heavy atom. The molecule has 5 heteroatoms. The van der Waals surface area contributed by atoms with E-state index in [1.165, 1.54) is 0 Å². The predicted molar refractivity (Wildman–Crippen MR) is 71.0 cm³/mol. The first-order chi connectivity index (χ1) is 9.12. The summed E-state index contributed by atoms with van der Waals surface area (Å²) in [5.41, 5.74) is 4.91. The summed E-state index contributed by atoms with van der Waals surface area (Å²) < 4.78 is 15.6. The summed E-state index contributed by atoms with van der Waals surface area (Å²) in [5.74, 6) is 1.10. The van der Waals surface area contributed by atoms with Gasteiger partial charge in [-0.15, -0.1) is 0 Å². The van der Waals surface area contributed by atoms with Gasteiger partial charge in [0.15, 0.2) is 11.5 Å². The molecule has 1 unspecified atom stereocenters. The zero-order valence-corrected chi connectivity index (χ0v) is 11.8. The average Bonchev–Trinajstić information content (AvgIpc) is 2.39. The van der Waals surface area contributed by atoms with Crippen LogP contribution in [-0.2, 0) is 9.53 Å². The maximum absolute atomic E-state index is 11.4. The van der Waals surface area contributed by atoms with E-state index in [1.807, 2.05) is 25.1 Å². The van der Waals surface area contributed by atoms with Crippen LogP contribution in [0.15, 0.2) is 18.2 Å². The Kier molecular flexibility index (Phi) is 6.15. The van der Waals surface area contributed by atoms with Gasteiger partial charge in [0.25, 0.3) is 0 Å². The molecule has 0 amide bonds. The number of rotatable bonds is 7. The van der Waals surface area contributed by atoms with E-state index in [-0.39, 0.29) is 18.4 Å². The molecule has 0 aliphatic carbocycles. The van der Waals surface area contributed by atoms with Gasteiger partial charge in [-0.2, -0.15) is 0 Å². The molecule has 0 radical (unpaired) electrons. The highest BCUT2D eigenvalue weighted by Crippen LogP contribution is 2.30. The van der Waals surface area contributed by atoms with Crippen molar-refractivity contribution in [2.75, 3.05) is 20.3 Å². The van der Waals surface area contributed by atoms with Gasteiger partial charge in [-0.05, 0) is 32.0 Å². The van der Waals surface area contributed by atoms with Crippen molar-refractivity contribution in [3.05, 3.63) is 23.8 Å². The van der Waals surface area contributed by atoms with Crippen molar-refractivity contribution < 1.29 is 24.7 Å². The largest absolute Gasteiger partial charge is 0.493 e. The first-order valence-electron chi connectivity index (χ1n) is 6.41. The number of carbonyl (C=O) groups excluding carboxylic acids is 1. The van der Waals surface area contributed by atoms with E-state index in [0.717, 1.165) is 5.56 Å². The second-order valence-electron chi connectivity index (χ2n) is 4.05. The summed E-state index contributed by atoms with van der Waals surface area (Å²) in [4.78, 5) is 11.4. The lowest BCUT2D eigenvalue weighted by Crippen LogP contribution is -2.54. The predicted octanol–water partition coefficient (Wildman–Crippen LogP) is 1.33. The van der Waals surface area contributed by atoms with Crippen LogP contribution < -0.4 is 15.2 Å². The standard InChI is InChI=1S/C14H21NO4/c1-4-18-12-7-6-10(8-13(12)17-3)11(15)9-14(16)19-5-2/h6-8,11H,4-5,9,15H2,1-3H3/p+1. The van der Waals surface area contributed by atoms with Crippen LogP contribution in [0.2, 0.25) is 0 Å². The van der Waals surface area contributed by atoms with Gasteiger partial charge in [0, 0.05) is 5.56 Å². The van der Waals surface area contributed by atoms with E-state index in [1.54, 1.807) is 14.0 Å². The number of hydrogen-bond acceptors (Lipinski definition) is 4. The van der Waals surface area contributed by atoms with Crippen LogP contribution in [0.3, 0.4) is 0 Å². The van der Waals surface area contributed by atoms with Crippen LogP contribution in [0.5, 0.6) is 11.5 Å². The smallest absolute Gasteiger partial charge is 0.312 e. The number of esters is 1. The van der Waals surface area contributed by atoms with Crippen molar-refractivity contribution in [2.24, 2.45) is 0 Å². The fraction of sp³-hybridized carbons (Fsp3) is 0.500. The van der Waals surface area contributed by atoms with Crippen LogP contribution in [0.25, 0.3) is 0 Å². The first kappa shape index (κ1) is 15.3. The summed E-state index contributed by atoms with van der Waals surface area (Å²) in [7, 11) is 1.59. The summed E-state index contributed by atoms with van der Waals surface area (Å²) in [6, 6.07) is 5.41. The number of benzene rings is 1. The second-order valence-corrected chi connectivity index (χ2v) is 4.05. The highest BCUT2D eigenvalue weighted by molar-refractivity contribution is 5.70. The van der Waals surface area contributed by atoms with Crippen molar-refractivity contribution in [1.29, 1.82) is 0 Å². The summed E-state index contributed by atoms with van der Waals surface area (Å²) in [6.45, 7) is 4.67. The number of methoxy groups -OCH3 is 1. The average molecular weight is 268 g/mol. The van der Waals surface area contributed by atoms with Gasteiger partial charge in [-0.1, -0.05) is 0 Å². The van der Waals surface area contributed by atoms with E-state index in [9.17, 15) is 4.79 Å². The molecule has 0 bridgehead atoms. The monoisotopic (exact) mass is 268 g/mol. The molecule has 1 aromatic carbocycles. The number of carbonyl (C=O) groups is 1. The fourth-order valence-electron chi connectivity index (χ4n) is 1.75. The van der Waals surface area contributed by atoms with E-state index < -0.39 is 0 Å². The molecule has 0 saturated heterocycles. The van der Waals surface area contributed by atoms with Crippen molar-refractivity contribution in [1.82, 2.24) is 0 Å². The fourth-order valence-corrected chi connectivity index (χ4v) is 1.75. The Morgan fingerprint density at radius 1 is 1.26 bits per heavy atom. The van der Waals surface area contributed by atoms with Crippen molar-refractivity contribution in [3.63, 3.8) is 0 Å². The molecule has 1 aromatic rings. The third-order valence-electron chi connectivity index (χ3n) is 2.68. The molecule has 1 rings (SSSR count). The first-order valence-corrected chi connectivity index (χ1v) is 6.41. The molecule has 0 aromatic heterocycles. The Morgan fingerprint density at radius 3 is 2.58 bits per heavy atom. The van der Waals surface area contributed by atoms with Crippen LogP contribution >= 0.6 is 0 Å². The van der Waals surface area contributed by atoms with Gasteiger partial charge in [-0.3, -0.25) is 4.79 Å². The van der Waals surface area contributed by atoms with Crippen molar-refractivity contribution in [2.45, 2.75) is 26.3 Å². The maximum Gasteiger partial charge on any atom is 0.312 e. The number of hydrogen-bond donors (Lipinski definition) is 1. The third kappa shape index (κ3) is 4.44. The summed E-state index contributed by atoms with van der Waals surface area (Å²) in [5, 5.41) is 0. The highest BCUT2D eigenvalue weighted by atomic mass is 16.5. The zero-order chi connectivity index (χ0) is 14.3. The highest BCUT2D eigenvalue weighted by Gasteiger charge is 2.17. The summed E-state index contributed by atoms with van der Waals surface area (Å²) >= 11 is 0.